The van der Waals surface area contributed by atoms with Crippen molar-refractivity contribution in [1.29, 1.82) is 0 Å². The van der Waals surface area contributed by atoms with E-state index in [0.29, 0.717) is 19.4 Å². The van der Waals surface area contributed by atoms with Crippen LogP contribution in [0.2, 0.25) is 0 Å². The van der Waals surface area contributed by atoms with Crippen molar-refractivity contribution < 1.29 is 19.4 Å². The SMILES string of the molecule is COCC1(C(=O)O)CCN(C(=O)CCCc2c[nH]c3ccccc23)C1. The first kappa shape index (κ1) is 17.5. The molecule has 0 aliphatic carbocycles. The van der Waals surface area contributed by atoms with Crippen LogP contribution in [0, 0.1) is 5.41 Å². The van der Waals surface area contributed by atoms with Gasteiger partial charge in [0.25, 0.3) is 0 Å². The van der Waals surface area contributed by atoms with E-state index in [1.807, 2.05) is 24.4 Å². The van der Waals surface area contributed by atoms with Crippen LogP contribution < -0.4 is 0 Å². The third-order valence-electron chi connectivity index (χ3n) is 5.09. The Kier molecular flexibility index (Phi) is 5.08. The number of carbonyl (C=O) groups is 2. The van der Waals surface area contributed by atoms with Gasteiger partial charge in [-0.2, -0.15) is 0 Å². The van der Waals surface area contributed by atoms with Crippen molar-refractivity contribution in [2.24, 2.45) is 5.41 Å². The smallest absolute Gasteiger partial charge is 0.313 e. The van der Waals surface area contributed by atoms with Crippen LogP contribution in [0.5, 0.6) is 0 Å². The maximum absolute atomic E-state index is 12.4. The number of H-pyrrole nitrogens is 1. The number of methoxy groups -OCH3 is 1. The van der Waals surface area contributed by atoms with E-state index in [1.165, 1.54) is 18.1 Å². The number of aromatic amines is 1. The normalized spacial score (nSPS) is 20.3. The van der Waals surface area contributed by atoms with Gasteiger partial charge in [-0.05, 0) is 30.9 Å². The number of rotatable bonds is 7. The molecule has 0 spiro atoms. The van der Waals surface area contributed by atoms with Crippen LogP contribution in [-0.4, -0.2) is 53.7 Å². The number of aliphatic carboxylic acids is 1. The van der Waals surface area contributed by atoms with Crippen LogP contribution >= 0.6 is 0 Å². The fraction of sp³-hybridized carbons (Fsp3) is 0.474. The Balaban J connectivity index is 1.54. The molecule has 0 radical (unpaired) electrons. The van der Waals surface area contributed by atoms with Gasteiger partial charge in [0.1, 0.15) is 5.41 Å². The molecule has 0 bridgehead atoms. The van der Waals surface area contributed by atoms with Crippen LogP contribution in [0.25, 0.3) is 10.9 Å². The van der Waals surface area contributed by atoms with Crippen molar-refractivity contribution >= 4 is 22.8 Å². The van der Waals surface area contributed by atoms with Crippen LogP contribution in [-0.2, 0) is 20.7 Å². The predicted molar refractivity (Wildman–Crippen MR) is 94.4 cm³/mol. The number of ether oxygens (including phenoxy) is 1. The largest absolute Gasteiger partial charge is 0.481 e. The molecule has 1 amide bonds. The number of fused-ring (bicyclic) bond motifs is 1. The zero-order valence-corrected chi connectivity index (χ0v) is 14.5. The second-order valence-electron chi connectivity index (χ2n) is 6.80. The molecule has 3 rings (SSSR count). The molecule has 2 heterocycles. The number of carboxylic acids is 1. The summed E-state index contributed by atoms with van der Waals surface area (Å²) >= 11 is 0. The van der Waals surface area contributed by atoms with Crippen LogP contribution in [0.4, 0.5) is 0 Å². The lowest BCUT2D eigenvalue weighted by Crippen LogP contribution is -2.40. The number of hydrogen-bond acceptors (Lipinski definition) is 3. The number of carboxylic acid groups (broad SMARTS) is 1. The summed E-state index contributed by atoms with van der Waals surface area (Å²) in [5.74, 6) is -0.859. The van der Waals surface area contributed by atoms with E-state index in [-0.39, 0.29) is 19.1 Å². The minimum Gasteiger partial charge on any atom is -0.481 e. The quantitative estimate of drug-likeness (QED) is 0.808. The van der Waals surface area contributed by atoms with Crippen molar-refractivity contribution in [2.75, 3.05) is 26.8 Å². The number of aromatic nitrogens is 1. The molecule has 1 aromatic carbocycles. The third-order valence-corrected chi connectivity index (χ3v) is 5.09. The average Bonchev–Trinajstić information content (AvgIpc) is 3.21. The molecule has 1 aliphatic rings. The summed E-state index contributed by atoms with van der Waals surface area (Å²) in [5.41, 5.74) is 1.36. The molecule has 1 aromatic heterocycles. The van der Waals surface area contributed by atoms with Gasteiger partial charge in [0.05, 0.1) is 6.61 Å². The molecule has 2 aromatic rings. The summed E-state index contributed by atoms with van der Waals surface area (Å²) in [6, 6.07) is 8.12. The highest BCUT2D eigenvalue weighted by Gasteiger charge is 2.46. The van der Waals surface area contributed by atoms with Gasteiger partial charge in [-0.3, -0.25) is 9.59 Å². The third kappa shape index (κ3) is 3.54. The Hall–Kier alpha value is -2.34. The van der Waals surface area contributed by atoms with E-state index in [2.05, 4.69) is 11.1 Å². The summed E-state index contributed by atoms with van der Waals surface area (Å²) < 4.78 is 5.07. The maximum Gasteiger partial charge on any atom is 0.313 e. The first-order chi connectivity index (χ1) is 12.1. The summed E-state index contributed by atoms with van der Waals surface area (Å²) in [6.07, 6.45) is 4.46. The number of benzene rings is 1. The molecule has 0 saturated carbocycles. The molecule has 1 unspecified atom stereocenters. The second-order valence-corrected chi connectivity index (χ2v) is 6.80. The zero-order chi connectivity index (χ0) is 17.9. The molecule has 134 valence electrons. The zero-order valence-electron chi connectivity index (χ0n) is 14.5. The number of aryl methyl sites for hydroxylation is 1. The fourth-order valence-corrected chi connectivity index (χ4v) is 3.64. The number of hydrogen-bond donors (Lipinski definition) is 2. The lowest BCUT2D eigenvalue weighted by molar-refractivity contribution is -0.151. The highest BCUT2D eigenvalue weighted by Crippen LogP contribution is 2.32. The highest BCUT2D eigenvalue weighted by atomic mass is 16.5. The average molecular weight is 344 g/mol. The maximum atomic E-state index is 12.4. The van der Waals surface area contributed by atoms with Crippen molar-refractivity contribution in [3.05, 3.63) is 36.0 Å². The van der Waals surface area contributed by atoms with Gasteiger partial charge < -0.3 is 19.7 Å². The van der Waals surface area contributed by atoms with Gasteiger partial charge in [0, 0.05) is 43.7 Å². The van der Waals surface area contributed by atoms with Gasteiger partial charge in [0.15, 0.2) is 0 Å². The van der Waals surface area contributed by atoms with Crippen molar-refractivity contribution in [1.82, 2.24) is 9.88 Å². The Morgan fingerprint density at radius 2 is 2.16 bits per heavy atom. The topological polar surface area (TPSA) is 82.6 Å². The van der Waals surface area contributed by atoms with Gasteiger partial charge in [-0.15, -0.1) is 0 Å². The van der Waals surface area contributed by atoms with Crippen LogP contribution in [0.1, 0.15) is 24.8 Å². The van der Waals surface area contributed by atoms with Gasteiger partial charge in [-0.1, -0.05) is 18.2 Å². The predicted octanol–water partition coefficient (Wildman–Crippen LogP) is 2.44. The van der Waals surface area contributed by atoms with E-state index < -0.39 is 11.4 Å². The molecule has 1 saturated heterocycles. The second kappa shape index (κ2) is 7.27. The summed E-state index contributed by atoms with van der Waals surface area (Å²) in [4.78, 5) is 28.9. The molecule has 2 N–H and O–H groups in total. The molecule has 1 aliphatic heterocycles. The van der Waals surface area contributed by atoms with E-state index in [0.717, 1.165) is 18.4 Å². The van der Waals surface area contributed by atoms with E-state index in [4.69, 9.17) is 4.74 Å². The van der Waals surface area contributed by atoms with Crippen molar-refractivity contribution in [2.45, 2.75) is 25.7 Å². The monoisotopic (exact) mass is 344 g/mol. The van der Waals surface area contributed by atoms with Crippen LogP contribution in [0.3, 0.4) is 0 Å². The van der Waals surface area contributed by atoms with Gasteiger partial charge in [0.2, 0.25) is 5.91 Å². The number of para-hydroxylation sites is 1. The highest BCUT2D eigenvalue weighted by molar-refractivity contribution is 5.83. The molecule has 6 nitrogen and oxygen atoms in total. The first-order valence-electron chi connectivity index (χ1n) is 8.61. The Morgan fingerprint density at radius 3 is 2.92 bits per heavy atom. The number of nitrogens with one attached hydrogen (secondary N) is 1. The summed E-state index contributed by atoms with van der Waals surface area (Å²) in [7, 11) is 1.50. The number of likely N-dealkylation sites (tertiary alicyclic amines) is 1. The summed E-state index contributed by atoms with van der Waals surface area (Å²) in [5, 5.41) is 10.7. The molecule has 25 heavy (non-hydrogen) atoms. The van der Waals surface area contributed by atoms with Gasteiger partial charge in [-0.25, -0.2) is 0 Å². The van der Waals surface area contributed by atoms with E-state index in [1.54, 1.807) is 4.90 Å². The van der Waals surface area contributed by atoms with E-state index in [9.17, 15) is 14.7 Å². The van der Waals surface area contributed by atoms with Crippen LogP contribution in [0.15, 0.2) is 30.5 Å². The number of nitrogens with zero attached hydrogens (tertiary/aromatic N) is 1. The fourth-order valence-electron chi connectivity index (χ4n) is 3.64. The lowest BCUT2D eigenvalue weighted by atomic mass is 9.88. The number of carbonyl (C=O) groups excluding carboxylic acids is 1. The first-order valence-corrected chi connectivity index (χ1v) is 8.61. The van der Waals surface area contributed by atoms with Crippen molar-refractivity contribution in [3.8, 4) is 0 Å². The minimum atomic E-state index is -0.957. The molecule has 1 fully saturated rings. The Bertz CT molecular complexity index is 770. The molecule has 6 heteroatoms. The molecule has 1 atom stereocenters. The summed E-state index contributed by atoms with van der Waals surface area (Å²) in [6.45, 7) is 0.866. The van der Waals surface area contributed by atoms with Crippen molar-refractivity contribution in [3.63, 3.8) is 0 Å². The standard InChI is InChI=1S/C19H24N2O4/c1-25-13-19(18(23)24)9-10-21(12-19)17(22)8-4-5-14-11-20-16-7-3-2-6-15(14)16/h2-3,6-7,11,20H,4-5,8-10,12-13H2,1H3,(H,23,24). The molecular weight excluding hydrogens is 320 g/mol. The van der Waals surface area contributed by atoms with Gasteiger partial charge >= 0.3 is 5.97 Å². The Labute approximate surface area is 146 Å². The van der Waals surface area contributed by atoms with E-state index >= 15 is 0 Å². The minimum absolute atomic E-state index is 0.0269. The molecular formula is C19H24N2O4. The number of amides is 1. The Morgan fingerprint density at radius 1 is 1.36 bits per heavy atom. The lowest BCUT2D eigenvalue weighted by Gasteiger charge is -2.23.